The predicted molar refractivity (Wildman–Crippen MR) is 129 cm³/mol. The van der Waals surface area contributed by atoms with E-state index in [2.05, 4.69) is 69.6 Å². The minimum Gasteiger partial charge on any atom is -0.299 e. The molecule has 2 rings (SSSR count). The molecule has 0 saturated heterocycles. The van der Waals surface area contributed by atoms with Gasteiger partial charge in [-0.2, -0.15) is 0 Å². The Morgan fingerprint density at radius 1 is 0.700 bits per heavy atom. The molecule has 166 valence electrons. The molecule has 0 bridgehead atoms. The van der Waals surface area contributed by atoms with Crippen molar-refractivity contribution in [3.8, 4) is 0 Å². The van der Waals surface area contributed by atoms with Gasteiger partial charge >= 0.3 is 5.91 Å². The molecule has 0 saturated carbocycles. The van der Waals surface area contributed by atoms with E-state index < -0.39 is 5.91 Å². The van der Waals surface area contributed by atoms with Crippen molar-refractivity contribution in [1.29, 1.82) is 0 Å². The van der Waals surface area contributed by atoms with E-state index in [1.807, 2.05) is 19.9 Å². The molecule has 0 unspecified atom stereocenters. The first-order valence-corrected chi connectivity index (χ1v) is 11.8. The fraction of sp³-hybridized carbons (Fsp3) is 0.556. The Morgan fingerprint density at radius 3 is 1.83 bits per heavy atom. The van der Waals surface area contributed by atoms with Crippen LogP contribution in [0.1, 0.15) is 70.4 Å². The van der Waals surface area contributed by atoms with Crippen molar-refractivity contribution >= 4 is 5.69 Å². The molecule has 0 amide bonds. The van der Waals surface area contributed by atoms with E-state index in [-0.39, 0.29) is 0 Å². The van der Waals surface area contributed by atoms with E-state index in [1.54, 1.807) is 0 Å². The smallest absolute Gasteiger partial charge is 0.299 e. The van der Waals surface area contributed by atoms with Crippen LogP contribution in [0.3, 0.4) is 0 Å². The van der Waals surface area contributed by atoms with Crippen molar-refractivity contribution < 1.29 is 9.47 Å². The third-order valence-electron chi connectivity index (χ3n) is 5.96. The maximum Gasteiger partial charge on any atom is 0.352 e. The predicted octanol–water partition coefficient (Wildman–Crippen LogP) is 7.04. The number of unbranched alkanes of at least 4 members (excludes halogenated alkanes) is 5. The lowest BCUT2D eigenvalue weighted by Crippen LogP contribution is -2.61. The normalized spacial score (nSPS) is 12.3. The van der Waals surface area contributed by atoms with E-state index >= 15 is 0 Å². The van der Waals surface area contributed by atoms with Crippen LogP contribution in [0.25, 0.3) is 0 Å². The standard InChI is InChI=1S/C27H42NO2/c1-6-9-10-11-12-14-17-24-20-22-25(23-21-24)27(29-7-2,30-8-3)28(4,5)26-18-15-13-16-19-26/h13,15-16,18-23H,6-12,14,17H2,1-5H3/q+1. The summed E-state index contributed by atoms with van der Waals surface area (Å²) < 4.78 is 13.3. The Balaban J connectivity index is 2.23. The number of hydrogen-bond acceptors (Lipinski definition) is 2. The number of ether oxygens (including phenoxy) is 2. The molecule has 0 N–H and O–H groups in total. The topological polar surface area (TPSA) is 18.5 Å². The highest BCUT2D eigenvalue weighted by atomic mass is 16.7. The molecule has 0 aliphatic heterocycles. The SMILES string of the molecule is CCCCCCCCc1ccc(C(OCC)(OCC)[N+](C)(C)c2ccccc2)cc1. The van der Waals surface area contributed by atoms with Gasteiger partial charge in [-0.1, -0.05) is 69.4 Å². The van der Waals surface area contributed by atoms with Gasteiger partial charge in [0.2, 0.25) is 0 Å². The number of nitrogens with zero attached hydrogens (tertiary/aromatic N) is 1. The van der Waals surface area contributed by atoms with E-state index in [0.29, 0.717) is 17.7 Å². The van der Waals surface area contributed by atoms with Crippen LogP contribution in [-0.2, 0) is 21.8 Å². The molecule has 30 heavy (non-hydrogen) atoms. The summed E-state index contributed by atoms with van der Waals surface area (Å²) in [4.78, 5) is 0. The zero-order valence-electron chi connectivity index (χ0n) is 19.8. The lowest BCUT2D eigenvalue weighted by Gasteiger charge is -2.46. The van der Waals surface area contributed by atoms with E-state index in [4.69, 9.17) is 9.47 Å². The summed E-state index contributed by atoms with van der Waals surface area (Å²) in [6, 6.07) is 19.4. The second kappa shape index (κ2) is 12.2. The first-order valence-electron chi connectivity index (χ1n) is 11.8. The van der Waals surface area contributed by atoms with Crippen LogP contribution in [0.2, 0.25) is 0 Å². The van der Waals surface area contributed by atoms with Crippen LogP contribution in [-0.4, -0.2) is 27.3 Å². The molecule has 0 fully saturated rings. The van der Waals surface area contributed by atoms with Gasteiger partial charge in [-0.25, -0.2) is 4.48 Å². The number of quaternary nitrogens is 1. The van der Waals surface area contributed by atoms with Gasteiger partial charge in [-0.15, -0.1) is 0 Å². The molecule has 3 heteroatoms. The number of rotatable bonds is 14. The van der Waals surface area contributed by atoms with E-state index in [1.165, 1.54) is 44.1 Å². The highest BCUT2D eigenvalue weighted by Crippen LogP contribution is 2.40. The van der Waals surface area contributed by atoms with Crippen LogP contribution in [0.15, 0.2) is 54.6 Å². The molecule has 3 nitrogen and oxygen atoms in total. The minimum absolute atomic E-state index is 0.465. The highest BCUT2D eigenvalue weighted by Gasteiger charge is 2.51. The van der Waals surface area contributed by atoms with Gasteiger partial charge in [0.15, 0.2) is 0 Å². The summed E-state index contributed by atoms with van der Waals surface area (Å²) in [5.41, 5.74) is 3.60. The van der Waals surface area contributed by atoms with Crippen molar-refractivity contribution in [3.05, 3.63) is 65.7 Å². The molecule has 0 aliphatic rings. The quantitative estimate of drug-likeness (QED) is 0.188. The molecule has 0 spiro atoms. The Labute approximate surface area is 184 Å². The highest BCUT2D eigenvalue weighted by molar-refractivity contribution is 5.44. The molecule has 2 aromatic carbocycles. The Bertz CT molecular complexity index is 703. The van der Waals surface area contributed by atoms with Crippen molar-refractivity contribution in [1.82, 2.24) is 4.48 Å². The minimum atomic E-state index is -0.885. The van der Waals surface area contributed by atoms with Gasteiger partial charge < -0.3 is 0 Å². The Morgan fingerprint density at radius 2 is 1.27 bits per heavy atom. The summed E-state index contributed by atoms with van der Waals surface area (Å²) in [5, 5.41) is 0. The molecule has 0 atom stereocenters. The van der Waals surface area contributed by atoms with Crippen LogP contribution < -0.4 is 4.48 Å². The van der Waals surface area contributed by atoms with Crippen LogP contribution in [0.5, 0.6) is 0 Å². The monoisotopic (exact) mass is 412 g/mol. The lowest BCUT2D eigenvalue weighted by molar-refractivity contribution is -0.310. The summed E-state index contributed by atoms with van der Waals surface area (Å²) in [7, 11) is 4.32. The fourth-order valence-electron chi connectivity index (χ4n) is 4.21. The average Bonchev–Trinajstić information content (AvgIpc) is 2.77. The largest absolute Gasteiger partial charge is 0.352 e. The molecular weight excluding hydrogens is 370 g/mol. The molecule has 0 heterocycles. The Hall–Kier alpha value is -1.68. The van der Waals surface area contributed by atoms with Gasteiger partial charge in [0.1, 0.15) is 5.69 Å². The molecule has 0 aromatic heterocycles. The van der Waals surface area contributed by atoms with Crippen LogP contribution >= 0.6 is 0 Å². The zero-order valence-corrected chi connectivity index (χ0v) is 19.8. The first kappa shape index (κ1) is 24.6. The summed E-state index contributed by atoms with van der Waals surface area (Å²) in [6.07, 6.45) is 9.11. The number of benzene rings is 2. The second-order valence-electron chi connectivity index (χ2n) is 8.45. The van der Waals surface area contributed by atoms with Gasteiger partial charge in [-0.05, 0) is 56.5 Å². The van der Waals surface area contributed by atoms with E-state index in [9.17, 15) is 0 Å². The van der Waals surface area contributed by atoms with Crippen molar-refractivity contribution in [2.24, 2.45) is 0 Å². The third kappa shape index (κ3) is 5.94. The second-order valence-corrected chi connectivity index (χ2v) is 8.45. The maximum atomic E-state index is 6.40. The molecule has 0 radical (unpaired) electrons. The van der Waals surface area contributed by atoms with Crippen LogP contribution in [0, 0.1) is 0 Å². The Kier molecular flexibility index (Phi) is 10.0. The lowest BCUT2D eigenvalue weighted by atomic mass is 10.0. The molecular formula is C27H42NO2+. The maximum absolute atomic E-state index is 6.40. The van der Waals surface area contributed by atoms with Gasteiger partial charge in [0.05, 0.1) is 32.9 Å². The average molecular weight is 413 g/mol. The van der Waals surface area contributed by atoms with Crippen molar-refractivity contribution in [3.63, 3.8) is 0 Å². The van der Waals surface area contributed by atoms with Gasteiger partial charge in [0.25, 0.3) is 0 Å². The number of hydrogen-bond donors (Lipinski definition) is 0. The van der Waals surface area contributed by atoms with Gasteiger partial charge in [0, 0.05) is 0 Å². The first-order chi connectivity index (χ1) is 14.5. The van der Waals surface area contributed by atoms with Crippen LogP contribution in [0.4, 0.5) is 5.69 Å². The molecule has 0 aliphatic carbocycles. The summed E-state index contributed by atoms with van der Waals surface area (Å²) >= 11 is 0. The summed E-state index contributed by atoms with van der Waals surface area (Å²) in [5.74, 6) is -0.885. The van der Waals surface area contributed by atoms with Crippen molar-refractivity contribution in [2.45, 2.75) is 71.6 Å². The zero-order chi connectivity index (χ0) is 21.9. The fourth-order valence-corrected chi connectivity index (χ4v) is 4.21. The van der Waals surface area contributed by atoms with Crippen molar-refractivity contribution in [2.75, 3.05) is 27.3 Å². The number of para-hydroxylation sites is 1. The third-order valence-corrected chi connectivity index (χ3v) is 5.96. The van der Waals surface area contributed by atoms with Gasteiger partial charge in [-0.3, -0.25) is 9.47 Å². The summed E-state index contributed by atoms with van der Waals surface area (Å²) in [6.45, 7) is 7.49. The molecule has 2 aromatic rings. The van der Waals surface area contributed by atoms with E-state index in [0.717, 1.165) is 17.7 Å². The number of aryl methyl sites for hydroxylation is 1.